The van der Waals surface area contributed by atoms with E-state index in [9.17, 15) is 29.7 Å². The summed E-state index contributed by atoms with van der Waals surface area (Å²) in [4.78, 5) is 33.6. The van der Waals surface area contributed by atoms with Gasteiger partial charge in [0.05, 0.1) is 18.0 Å². The maximum absolute atomic E-state index is 11.2. The van der Waals surface area contributed by atoms with Gasteiger partial charge in [-0.2, -0.15) is 0 Å². The molecule has 0 unspecified atom stereocenters. The maximum Gasteiger partial charge on any atom is 1.00 e. The summed E-state index contributed by atoms with van der Waals surface area (Å²) in [5, 5.41) is 31.2. The van der Waals surface area contributed by atoms with E-state index in [0.29, 0.717) is 4.90 Å². The number of piperidine rings is 1. The molecule has 1 heterocycles. The number of amides is 1. The van der Waals surface area contributed by atoms with E-state index in [1.807, 2.05) is 0 Å². The van der Waals surface area contributed by atoms with Crippen LogP contribution in [0.25, 0.3) is 0 Å². The number of hydrogen-bond acceptors (Lipinski definition) is 6. The van der Waals surface area contributed by atoms with Crippen LogP contribution in [0.15, 0.2) is 0 Å². The Bertz CT molecular complexity index is 334. The molecule has 90 valence electrons. The van der Waals surface area contributed by atoms with Crippen molar-refractivity contribution in [1.82, 2.24) is 4.90 Å². The zero-order valence-corrected chi connectivity index (χ0v) is 14.6. The molecule has 9 heteroatoms. The second-order valence-corrected chi connectivity index (χ2v) is 3.76. The zero-order valence-electron chi connectivity index (χ0n) is 10.6. The number of nitrogens with zero attached hydrogens (tertiary/aromatic N) is 1. The number of carboxylic acids is 2. The molecule has 1 amide bonds. The summed E-state index contributed by atoms with van der Waals surface area (Å²) < 4.78 is 0. The van der Waals surface area contributed by atoms with Gasteiger partial charge in [-0.3, -0.25) is 4.79 Å². The quantitative estimate of drug-likeness (QED) is 0.394. The van der Waals surface area contributed by atoms with E-state index in [-0.39, 0.29) is 72.1 Å². The Balaban J connectivity index is 0. The molecule has 1 saturated heterocycles. The molecule has 1 aliphatic heterocycles. The first-order valence-electron chi connectivity index (χ1n) is 4.71. The SMILES string of the molecule is CC(=O)N1C[C@@H](O)CCC1(C(=O)[O-])C(=O)[O-].[Na+].[Na+]. The van der Waals surface area contributed by atoms with E-state index in [4.69, 9.17) is 0 Å². The third kappa shape index (κ3) is 3.69. The number of aliphatic hydroxyl groups is 1. The molecule has 1 fully saturated rings. The van der Waals surface area contributed by atoms with Crippen LogP contribution in [0.4, 0.5) is 0 Å². The fraction of sp³-hybridized carbons (Fsp3) is 0.667. The van der Waals surface area contributed by atoms with Crippen LogP contribution in [0.2, 0.25) is 0 Å². The first kappa shape index (κ1) is 20.7. The van der Waals surface area contributed by atoms with E-state index in [1.165, 1.54) is 0 Å². The molecule has 1 rings (SSSR count). The van der Waals surface area contributed by atoms with Gasteiger partial charge in [-0.25, -0.2) is 0 Å². The van der Waals surface area contributed by atoms with Crippen LogP contribution in [-0.2, 0) is 14.4 Å². The summed E-state index contributed by atoms with van der Waals surface area (Å²) in [6, 6.07) is 0. The van der Waals surface area contributed by atoms with E-state index in [1.54, 1.807) is 0 Å². The van der Waals surface area contributed by atoms with Crippen molar-refractivity contribution in [3.05, 3.63) is 0 Å². The predicted octanol–water partition coefficient (Wildman–Crippen LogP) is -9.76. The fourth-order valence-corrected chi connectivity index (χ4v) is 1.87. The number of likely N-dealkylation sites (tertiary alicyclic amines) is 1. The van der Waals surface area contributed by atoms with Gasteiger partial charge in [-0.05, 0) is 12.8 Å². The van der Waals surface area contributed by atoms with Crippen LogP contribution in [0.5, 0.6) is 0 Å². The number of aliphatic hydroxyl groups excluding tert-OH is 1. The molecule has 0 saturated carbocycles. The van der Waals surface area contributed by atoms with Gasteiger partial charge in [0.1, 0.15) is 5.54 Å². The first-order chi connectivity index (χ1) is 7.32. The van der Waals surface area contributed by atoms with E-state index < -0.39 is 35.9 Å². The van der Waals surface area contributed by atoms with Crippen LogP contribution in [0, 0.1) is 0 Å². The molecule has 1 aliphatic rings. The minimum absolute atomic E-state index is 0. The van der Waals surface area contributed by atoms with Gasteiger partial charge >= 0.3 is 59.1 Å². The van der Waals surface area contributed by atoms with Crippen molar-refractivity contribution in [1.29, 1.82) is 0 Å². The van der Waals surface area contributed by atoms with Gasteiger partial charge in [0, 0.05) is 13.5 Å². The molecule has 1 N–H and O–H groups in total. The normalized spacial score (nSPS) is 21.2. The third-order valence-electron chi connectivity index (χ3n) is 2.75. The maximum atomic E-state index is 11.2. The van der Waals surface area contributed by atoms with Crippen molar-refractivity contribution in [3.8, 4) is 0 Å². The Morgan fingerprint density at radius 1 is 1.22 bits per heavy atom. The summed E-state index contributed by atoms with van der Waals surface area (Å²) in [6.07, 6.45) is -1.39. The van der Waals surface area contributed by atoms with Crippen LogP contribution >= 0.6 is 0 Å². The molecule has 18 heavy (non-hydrogen) atoms. The van der Waals surface area contributed by atoms with E-state index >= 15 is 0 Å². The predicted molar refractivity (Wildman–Crippen MR) is 45.4 cm³/mol. The number of carboxylic acid groups (broad SMARTS) is 2. The Labute approximate surface area is 148 Å². The number of β-amino-alcohol motifs (C(OH)–C–C–N with tert-alkyl or cyclic N) is 1. The molecule has 0 aromatic carbocycles. The molecule has 7 nitrogen and oxygen atoms in total. The van der Waals surface area contributed by atoms with Gasteiger partial charge in [-0.15, -0.1) is 0 Å². The molecule has 0 aliphatic carbocycles. The van der Waals surface area contributed by atoms with Gasteiger partial charge in [0.2, 0.25) is 5.91 Å². The molecular weight excluding hydrogens is 264 g/mol. The van der Waals surface area contributed by atoms with Crippen molar-refractivity contribution in [2.75, 3.05) is 6.54 Å². The molecular formula is C9H11NNa2O6. The number of rotatable bonds is 2. The van der Waals surface area contributed by atoms with Gasteiger partial charge in [-0.1, -0.05) is 0 Å². The molecule has 0 spiro atoms. The second-order valence-electron chi connectivity index (χ2n) is 3.76. The van der Waals surface area contributed by atoms with Crippen LogP contribution in [-0.4, -0.2) is 46.0 Å². The molecule has 1 atom stereocenters. The van der Waals surface area contributed by atoms with Gasteiger partial charge in [0.25, 0.3) is 0 Å². The van der Waals surface area contributed by atoms with Gasteiger partial charge in [0.15, 0.2) is 0 Å². The second kappa shape index (κ2) is 7.84. The topological polar surface area (TPSA) is 121 Å². The van der Waals surface area contributed by atoms with E-state index in [0.717, 1.165) is 6.92 Å². The standard InChI is InChI=1S/C9H13NO6.2Na/c1-5(11)10-4-6(12)2-3-9(10,7(13)14)8(15)16;;/h6,12H,2-4H2,1H3,(H,13,14)(H,15,16);;/q;2*+1/p-2/t6-;;/m0../s1. The number of carbonyl (C=O) groups is 3. The third-order valence-corrected chi connectivity index (χ3v) is 2.75. The average Bonchev–Trinajstić information content (AvgIpc) is 2.16. The van der Waals surface area contributed by atoms with Crippen LogP contribution in [0.1, 0.15) is 19.8 Å². The first-order valence-corrected chi connectivity index (χ1v) is 4.71. The summed E-state index contributed by atoms with van der Waals surface area (Å²) in [5.74, 6) is -4.55. The number of hydrogen-bond donors (Lipinski definition) is 1. The Morgan fingerprint density at radius 2 is 1.67 bits per heavy atom. The van der Waals surface area contributed by atoms with E-state index in [2.05, 4.69) is 0 Å². The monoisotopic (exact) mass is 275 g/mol. The molecule has 0 aromatic heterocycles. The van der Waals surface area contributed by atoms with Crippen molar-refractivity contribution < 1.29 is 88.8 Å². The Hall–Kier alpha value is 0.370. The molecule has 0 radical (unpaired) electrons. The largest absolute Gasteiger partial charge is 1.00 e. The van der Waals surface area contributed by atoms with Crippen molar-refractivity contribution in [2.45, 2.75) is 31.4 Å². The van der Waals surface area contributed by atoms with Crippen molar-refractivity contribution in [3.63, 3.8) is 0 Å². The zero-order chi connectivity index (χ0) is 12.5. The summed E-state index contributed by atoms with van der Waals surface area (Å²) >= 11 is 0. The van der Waals surface area contributed by atoms with Gasteiger partial charge < -0.3 is 29.8 Å². The van der Waals surface area contributed by atoms with Crippen molar-refractivity contribution >= 4 is 17.8 Å². The average molecular weight is 275 g/mol. The number of carbonyl (C=O) groups excluding carboxylic acids is 3. The molecule has 0 aromatic rings. The fourth-order valence-electron chi connectivity index (χ4n) is 1.87. The molecule has 0 bridgehead atoms. The smallest absolute Gasteiger partial charge is 0.547 e. The minimum Gasteiger partial charge on any atom is -0.547 e. The van der Waals surface area contributed by atoms with Crippen molar-refractivity contribution in [2.24, 2.45) is 0 Å². The van der Waals surface area contributed by atoms with Crippen LogP contribution < -0.4 is 69.3 Å². The summed E-state index contributed by atoms with van der Waals surface area (Å²) in [6.45, 7) is 0.677. The van der Waals surface area contributed by atoms with Crippen LogP contribution in [0.3, 0.4) is 0 Å². The Kier molecular flexibility index (Phi) is 9.01. The Morgan fingerprint density at radius 3 is 2.00 bits per heavy atom. The minimum atomic E-state index is -2.47. The summed E-state index contributed by atoms with van der Waals surface area (Å²) in [7, 11) is 0. The summed E-state index contributed by atoms with van der Waals surface area (Å²) in [5.41, 5.74) is -2.47. The number of aliphatic carboxylic acids is 2.